The Kier molecular flexibility index (Phi) is 4.94. The number of rotatable bonds is 5. The largest absolute Gasteiger partial charge is 0.331 e. The number of hydrogen-bond acceptors (Lipinski definition) is 6. The van der Waals surface area contributed by atoms with E-state index >= 15 is 0 Å². The monoisotopic (exact) mass is 307 g/mol. The second-order valence-corrected chi connectivity index (χ2v) is 5.39. The van der Waals surface area contributed by atoms with Crippen LogP contribution in [0.1, 0.15) is 0 Å². The quantitative estimate of drug-likeness (QED) is 0.507. The highest BCUT2D eigenvalue weighted by atomic mass is 16.2. The first-order valence-electron chi connectivity index (χ1n) is 7.10. The van der Waals surface area contributed by atoms with Crippen LogP contribution in [0.4, 0.5) is 4.79 Å². The molecule has 1 atom stereocenters. The highest BCUT2D eigenvalue weighted by Crippen LogP contribution is 2.17. The predicted molar refractivity (Wildman–Crippen MR) is 80.3 cm³/mol. The van der Waals surface area contributed by atoms with Crippen LogP contribution in [0.25, 0.3) is 0 Å². The molecule has 4 amide bonds. The number of piperazine rings is 1. The topological polar surface area (TPSA) is 85.0 Å². The molecule has 2 aliphatic heterocycles. The maximum atomic E-state index is 12.3. The van der Waals surface area contributed by atoms with Gasteiger partial charge in [0, 0.05) is 38.4 Å². The van der Waals surface area contributed by atoms with Crippen molar-refractivity contribution < 1.29 is 14.4 Å². The lowest BCUT2D eigenvalue weighted by atomic mass is 10.0. The van der Waals surface area contributed by atoms with Gasteiger partial charge in [0.15, 0.2) is 5.92 Å². The molecule has 0 radical (unpaired) electrons. The zero-order valence-electron chi connectivity index (χ0n) is 12.7. The Bertz CT molecular complexity index is 511. The van der Waals surface area contributed by atoms with Gasteiger partial charge in [0.25, 0.3) is 0 Å². The van der Waals surface area contributed by atoms with E-state index in [4.69, 9.17) is 0 Å². The minimum absolute atomic E-state index is 0.0518. The molecule has 0 bridgehead atoms. The van der Waals surface area contributed by atoms with Crippen LogP contribution in [-0.4, -0.2) is 72.4 Å². The second-order valence-electron chi connectivity index (χ2n) is 5.39. The van der Waals surface area contributed by atoms with E-state index in [-0.39, 0.29) is 12.2 Å². The summed E-state index contributed by atoms with van der Waals surface area (Å²) in [6.45, 7) is 10.6. The van der Waals surface area contributed by atoms with Gasteiger partial charge in [-0.1, -0.05) is 12.7 Å². The molecule has 0 spiro atoms. The normalized spacial score (nSPS) is 24.1. The summed E-state index contributed by atoms with van der Waals surface area (Å²) in [5.41, 5.74) is 3.29. The summed E-state index contributed by atoms with van der Waals surface area (Å²) >= 11 is 0. The molecule has 0 unspecified atom stereocenters. The fraction of sp³-hybridized carbons (Fsp3) is 0.500. The highest BCUT2D eigenvalue weighted by Gasteiger charge is 2.42. The SMILES string of the molecule is C=CCN1C(=O)NC(=O)[C@@H](C(=C)NN2CCN(C)CC2)C1=O. The number of amides is 4. The molecule has 8 heteroatoms. The van der Waals surface area contributed by atoms with Gasteiger partial charge in [-0.2, -0.15) is 0 Å². The van der Waals surface area contributed by atoms with Crippen molar-refractivity contribution in [1.82, 2.24) is 25.6 Å². The predicted octanol–water partition coefficient (Wildman–Crippen LogP) is -0.867. The van der Waals surface area contributed by atoms with Gasteiger partial charge in [-0.15, -0.1) is 6.58 Å². The number of urea groups is 1. The summed E-state index contributed by atoms with van der Waals surface area (Å²) in [6, 6.07) is -0.724. The number of nitrogens with zero attached hydrogens (tertiary/aromatic N) is 3. The van der Waals surface area contributed by atoms with Gasteiger partial charge in [-0.05, 0) is 7.05 Å². The Labute approximate surface area is 129 Å². The number of barbiturate groups is 1. The molecule has 120 valence electrons. The van der Waals surface area contributed by atoms with Crippen LogP contribution in [-0.2, 0) is 9.59 Å². The van der Waals surface area contributed by atoms with Crippen LogP contribution in [0.3, 0.4) is 0 Å². The van der Waals surface area contributed by atoms with E-state index in [2.05, 4.69) is 28.8 Å². The smallest absolute Gasteiger partial charge is 0.322 e. The lowest BCUT2D eigenvalue weighted by Crippen LogP contribution is -2.60. The number of nitrogens with one attached hydrogen (secondary N) is 2. The van der Waals surface area contributed by atoms with Gasteiger partial charge in [0.05, 0.1) is 0 Å². The van der Waals surface area contributed by atoms with E-state index in [9.17, 15) is 14.4 Å². The molecule has 2 aliphatic rings. The fourth-order valence-electron chi connectivity index (χ4n) is 2.41. The lowest BCUT2D eigenvalue weighted by molar-refractivity contribution is -0.140. The summed E-state index contributed by atoms with van der Waals surface area (Å²) in [6.07, 6.45) is 1.43. The third-order valence-corrected chi connectivity index (χ3v) is 3.72. The molecule has 8 nitrogen and oxygen atoms in total. The zero-order valence-corrected chi connectivity index (χ0v) is 12.7. The molecule has 22 heavy (non-hydrogen) atoms. The Morgan fingerprint density at radius 3 is 2.55 bits per heavy atom. The van der Waals surface area contributed by atoms with Crippen molar-refractivity contribution in [3.8, 4) is 0 Å². The second kappa shape index (κ2) is 6.71. The van der Waals surface area contributed by atoms with Crippen molar-refractivity contribution in [3.05, 3.63) is 24.9 Å². The van der Waals surface area contributed by atoms with E-state index in [1.165, 1.54) is 6.08 Å². The van der Waals surface area contributed by atoms with Crippen LogP contribution in [0, 0.1) is 5.92 Å². The maximum absolute atomic E-state index is 12.3. The number of hydrogen-bond donors (Lipinski definition) is 2. The van der Waals surface area contributed by atoms with Crippen molar-refractivity contribution in [2.24, 2.45) is 5.92 Å². The summed E-state index contributed by atoms with van der Waals surface area (Å²) in [5, 5.41) is 4.09. The molecule has 0 aromatic heterocycles. The Hall–Kier alpha value is -2.19. The average molecular weight is 307 g/mol. The van der Waals surface area contributed by atoms with Crippen LogP contribution in [0.15, 0.2) is 24.9 Å². The van der Waals surface area contributed by atoms with E-state index < -0.39 is 23.8 Å². The molecular formula is C14H21N5O3. The van der Waals surface area contributed by atoms with Crippen molar-refractivity contribution in [2.45, 2.75) is 0 Å². The number of imide groups is 2. The zero-order chi connectivity index (χ0) is 16.3. The number of hydrazine groups is 1. The molecule has 2 N–H and O–H groups in total. The minimum atomic E-state index is -1.11. The average Bonchev–Trinajstić information content (AvgIpc) is 2.45. The molecule has 2 saturated heterocycles. The van der Waals surface area contributed by atoms with E-state index in [0.717, 1.165) is 31.1 Å². The summed E-state index contributed by atoms with van der Waals surface area (Å²) in [5.74, 6) is -2.35. The van der Waals surface area contributed by atoms with Gasteiger partial charge in [0.1, 0.15) is 0 Å². The molecule has 2 heterocycles. The molecule has 0 saturated carbocycles. The molecule has 0 aromatic rings. The van der Waals surface area contributed by atoms with Gasteiger partial charge in [-0.3, -0.25) is 19.8 Å². The van der Waals surface area contributed by atoms with E-state index in [1.54, 1.807) is 0 Å². The maximum Gasteiger partial charge on any atom is 0.331 e. The Morgan fingerprint density at radius 1 is 1.32 bits per heavy atom. The third-order valence-electron chi connectivity index (χ3n) is 3.72. The first-order valence-corrected chi connectivity index (χ1v) is 7.10. The number of carbonyl (C=O) groups is 3. The van der Waals surface area contributed by atoms with E-state index in [0.29, 0.717) is 0 Å². The van der Waals surface area contributed by atoms with Gasteiger partial charge in [0.2, 0.25) is 11.8 Å². The first-order chi connectivity index (χ1) is 10.4. The Balaban J connectivity index is 2.03. The summed E-state index contributed by atoms with van der Waals surface area (Å²) in [4.78, 5) is 39.1. The summed E-state index contributed by atoms with van der Waals surface area (Å²) in [7, 11) is 2.03. The van der Waals surface area contributed by atoms with Gasteiger partial charge < -0.3 is 10.3 Å². The first kappa shape index (κ1) is 16.2. The van der Waals surface area contributed by atoms with Gasteiger partial charge >= 0.3 is 6.03 Å². The molecule has 0 aromatic carbocycles. The lowest BCUT2D eigenvalue weighted by Gasteiger charge is -2.36. The summed E-state index contributed by atoms with van der Waals surface area (Å²) < 4.78 is 0. The highest BCUT2D eigenvalue weighted by molar-refractivity contribution is 6.17. The van der Waals surface area contributed by atoms with Crippen molar-refractivity contribution in [3.63, 3.8) is 0 Å². The Morgan fingerprint density at radius 2 is 1.95 bits per heavy atom. The fourth-order valence-corrected chi connectivity index (χ4v) is 2.41. The molecular weight excluding hydrogens is 286 g/mol. The molecule has 0 aliphatic carbocycles. The van der Waals surface area contributed by atoms with Crippen LogP contribution in [0.5, 0.6) is 0 Å². The number of likely N-dealkylation sites (N-methyl/N-ethyl adjacent to an activating group) is 1. The standard InChI is InChI=1S/C14H21N5O3/c1-4-5-19-13(21)11(12(20)15-14(19)22)10(2)16-18-8-6-17(3)7-9-18/h4,11,16H,1-2,5-9H2,3H3,(H,15,20,22)/t11-/m1/s1. The third kappa shape index (κ3) is 3.34. The van der Waals surface area contributed by atoms with E-state index in [1.807, 2.05) is 12.1 Å². The van der Waals surface area contributed by atoms with Crippen LogP contribution >= 0.6 is 0 Å². The van der Waals surface area contributed by atoms with Crippen molar-refractivity contribution >= 4 is 17.8 Å². The van der Waals surface area contributed by atoms with Crippen molar-refractivity contribution in [2.75, 3.05) is 39.8 Å². The minimum Gasteiger partial charge on any atom is -0.322 e. The van der Waals surface area contributed by atoms with Gasteiger partial charge in [-0.25, -0.2) is 9.80 Å². The molecule has 2 fully saturated rings. The van der Waals surface area contributed by atoms with Crippen LogP contribution in [0.2, 0.25) is 0 Å². The van der Waals surface area contributed by atoms with Crippen LogP contribution < -0.4 is 10.7 Å². The number of carbonyl (C=O) groups excluding carboxylic acids is 3. The van der Waals surface area contributed by atoms with Crippen molar-refractivity contribution in [1.29, 1.82) is 0 Å². The molecule has 2 rings (SSSR count).